The lowest BCUT2D eigenvalue weighted by atomic mass is 10.2. The molecule has 5 nitrogen and oxygen atoms in total. The van der Waals surface area contributed by atoms with Gasteiger partial charge in [0.25, 0.3) is 0 Å². The topological polar surface area (TPSA) is 42.3 Å². The smallest absolute Gasteiger partial charge is 0.0945 e. The SMILES string of the molecule is COCCN(CCCn1ccnc1)CC1CCCN1. The van der Waals surface area contributed by atoms with E-state index in [1.54, 1.807) is 7.11 Å². The Morgan fingerprint density at radius 2 is 2.42 bits per heavy atom. The Bertz CT molecular complexity index is 322. The molecule has 1 unspecified atom stereocenters. The highest BCUT2D eigenvalue weighted by molar-refractivity contribution is 4.78. The number of nitrogens with one attached hydrogen (secondary N) is 1. The highest BCUT2D eigenvalue weighted by Crippen LogP contribution is 2.07. The molecule has 108 valence electrons. The largest absolute Gasteiger partial charge is 0.383 e. The van der Waals surface area contributed by atoms with Crippen LogP contribution in [0.4, 0.5) is 0 Å². The minimum Gasteiger partial charge on any atom is -0.383 e. The summed E-state index contributed by atoms with van der Waals surface area (Å²) in [6, 6.07) is 0.671. The molecule has 1 saturated heterocycles. The van der Waals surface area contributed by atoms with Gasteiger partial charge >= 0.3 is 0 Å². The number of ether oxygens (including phenoxy) is 1. The molecule has 0 aromatic carbocycles. The first kappa shape index (κ1) is 14.5. The van der Waals surface area contributed by atoms with Crippen molar-refractivity contribution in [1.82, 2.24) is 19.8 Å². The van der Waals surface area contributed by atoms with Crippen LogP contribution >= 0.6 is 0 Å². The number of aryl methyl sites for hydroxylation is 1. The van der Waals surface area contributed by atoms with E-state index in [1.165, 1.54) is 19.4 Å². The first-order valence-corrected chi connectivity index (χ1v) is 7.29. The summed E-state index contributed by atoms with van der Waals surface area (Å²) in [5.74, 6) is 0. The van der Waals surface area contributed by atoms with Crippen molar-refractivity contribution in [2.75, 3.05) is 39.9 Å². The van der Waals surface area contributed by atoms with Crippen molar-refractivity contribution in [3.05, 3.63) is 18.7 Å². The first-order chi connectivity index (χ1) is 9.38. The van der Waals surface area contributed by atoms with E-state index in [0.29, 0.717) is 6.04 Å². The molecule has 2 rings (SSSR count). The summed E-state index contributed by atoms with van der Waals surface area (Å²) in [5.41, 5.74) is 0. The van der Waals surface area contributed by atoms with Gasteiger partial charge in [-0.25, -0.2) is 4.98 Å². The molecule has 0 spiro atoms. The number of hydrogen-bond donors (Lipinski definition) is 1. The van der Waals surface area contributed by atoms with Crippen molar-refractivity contribution < 1.29 is 4.74 Å². The highest BCUT2D eigenvalue weighted by Gasteiger charge is 2.17. The maximum absolute atomic E-state index is 5.21. The van der Waals surface area contributed by atoms with Crippen LogP contribution in [0, 0.1) is 0 Å². The van der Waals surface area contributed by atoms with Gasteiger partial charge in [-0.15, -0.1) is 0 Å². The third-order valence-electron chi connectivity index (χ3n) is 3.70. The van der Waals surface area contributed by atoms with Crippen LogP contribution in [0.2, 0.25) is 0 Å². The van der Waals surface area contributed by atoms with Gasteiger partial charge < -0.3 is 14.6 Å². The summed E-state index contributed by atoms with van der Waals surface area (Å²) >= 11 is 0. The predicted octanol–water partition coefficient (Wildman–Crippen LogP) is 0.974. The van der Waals surface area contributed by atoms with Crippen molar-refractivity contribution in [2.24, 2.45) is 0 Å². The van der Waals surface area contributed by atoms with E-state index in [1.807, 2.05) is 18.7 Å². The second-order valence-corrected chi connectivity index (χ2v) is 5.24. The molecule has 1 aromatic rings. The average Bonchev–Trinajstić information content (AvgIpc) is 3.08. The van der Waals surface area contributed by atoms with Gasteiger partial charge in [-0.1, -0.05) is 0 Å². The minimum atomic E-state index is 0.671. The van der Waals surface area contributed by atoms with E-state index in [4.69, 9.17) is 4.74 Å². The summed E-state index contributed by atoms with van der Waals surface area (Å²) in [5, 5.41) is 3.57. The van der Waals surface area contributed by atoms with Crippen LogP contribution in [0.3, 0.4) is 0 Å². The molecule has 0 saturated carbocycles. The Morgan fingerprint density at radius 3 is 3.11 bits per heavy atom. The van der Waals surface area contributed by atoms with Crippen molar-refractivity contribution in [3.8, 4) is 0 Å². The van der Waals surface area contributed by atoms with Crippen LogP contribution in [0.25, 0.3) is 0 Å². The molecule has 1 aromatic heterocycles. The van der Waals surface area contributed by atoms with Crippen LogP contribution in [0.1, 0.15) is 19.3 Å². The molecule has 0 radical (unpaired) electrons. The number of hydrogen-bond acceptors (Lipinski definition) is 4. The molecule has 1 N–H and O–H groups in total. The summed E-state index contributed by atoms with van der Waals surface area (Å²) in [6.45, 7) is 6.34. The molecular formula is C14H26N4O. The third kappa shape index (κ3) is 5.30. The van der Waals surface area contributed by atoms with E-state index < -0.39 is 0 Å². The zero-order valence-electron chi connectivity index (χ0n) is 11.9. The standard InChI is InChI=1S/C14H26N4O/c1-19-11-10-17(12-14-4-2-5-16-14)7-3-8-18-9-6-15-13-18/h6,9,13-14,16H,2-5,7-8,10-12H2,1H3. The number of methoxy groups -OCH3 is 1. The van der Waals surface area contributed by atoms with Gasteiger partial charge in [-0.05, 0) is 32.4 Å². The first-order valence-electron chi connectivity index (χ1n) is 7.29. The van der Waals surface area contributed by atoms with Gasteiger partial charge in [0.1, 0.15) is 0 Å². The van der Waals surface area contributed by atoms with E-state index in [-0.39, 0.29) is 0 Å². The lowest BCUT2D eigenvalue weighted by Crippen LogP contribution is -2.39. The summed E-state index contributed by atoms with van der Waals surface area (Å²) in [4.78, 5) is 6.59. The van der Waals surface area contributed by atoms with Crippen LogP contribution in [0.5, 0.6) is 0 Å². The molecule has 0 bridgehead atoms. The molecule has 0 amide bonds. The molecule has 1 aliphatic heterocycles. The Hall–Kier alpha value is -0.910. The van der Waals surface area contributed by atoms with Gasteiger partial charge in [0.05, 0.1) is 12.9 Å². The van der Waals surface area contributed by atoms with E-state index in [0.717, 1.165) is 39.2 Å². The summed E-state index contributed by atoms with van der Waals surface area (Å²) < 4.78 is 7.35. The Labute approximate surface area is 116 Å². The quantitative estimate of drug-likeness (QED) is 0.723. The highest BCUT2D eigenvalue weighted by atomic mass is 16.5. The van der Waals surface area contributed by atoms with E-state index >= 15 is 0 Å². The maximum atomic E-state index is 5.21. The Kier molecular flexibility index (Phi) is 6.33. The minimum absolute atomic E-state index is 0.671. The molecule has 5 heteroatoms. The van der Waals surface area contributed by atoms with Crippen LogP contribution in [-0.4, -0.2) is 60.4 Å². The normalized spacial score (nSPS) is 19.4. The molecule has 0 aliphatic carbocycles. The molecule has 1 aliphatic rings. The van der Waals surface area contributed by atoms with Crippen LogP contribution < -0.4 is 5.32 Å². The lowest BCUT2D eigenvalue weighted by molar-refractivity contribution is 0.140. The second-order valence-electron chi connectivity index (χ2n) is 5.24. The monoisotopic (exact) mass is 266 g/mol. The maximum Gasteiger partial charge on any atom is 0.0945 e. The van der Waals surface area contributed by atoms with Crippen LogP contribution in [0.15, 0.2) is 18.7 Å². The average molecular weight is 266 g/mol. The van der Waals surface area contributed by atoms with Crippen molar-refractivity contribution >= 4 is 0 Å². The fourth-order valence-corrected chi connectivity index (χ4v) is 2.63. The summed E-state index contributed by atoms with van der Waals surface area (Å²) in [6.07, 6.45) is 9.54. The van der Waals surface area contributed by atoms with Crippen molar-refractivity contribution in [2.45, 2.75) is 31.8 Å². The number of imidazole rings is 1. The Morgan fingerprint density at radius 1 is 1.47 bits per heavy atom. The van der Waals surface area contributed by atoms with Crippen molar-refractivity contribution in [1.29, 1.82) is 0 Å². The molecule has 1 fully saturated rings. The zero-order valence-corrected chi connectivity index (χ0v) is 11.9. The lowest BCUT2D eigenvalue weighted by Gasteiger charge is -2.25. The van der Waals surface area contributed by atoms with Crippen LogP contribution in [-0.2, 0) is 11.3 Å². The second kappa shape index (κ2) is 8.30. The number of nitrogens with zero attached hydrogens (tertiary/aromatic N) is 3. The van der Waals surface area contributed by atoms with Crippen molar-refractivity contribution in [3.63, 3.8) is 0 Å². The summed E-state index contributed by atoms with van der Waals surface area (Å²) in [7, 11) is 1.78. The third-order valence-corrected chi connectivity index (χ3v) is 3.70. The number of rotatable bonds is 9. The number of aromatic nitrogens is 2. The zero-order chi connectivity index (χ0) is 13.3. The Balaban J connectivity index is 1.69. The van der Waals surface area contributed by atoms with Gasteiger partial charge in [0.2, 0.25) is 0 Å². The van der Waals surface area contributed by atoms with E-state index in [9.17, 15) is 0 Å². The fraction of sp³-hybridized carbons (Fsp3) is 0.786. The van der Waals surface area contributed by atoms with Gasteiger partial charge in [-0.2, -0.15) is 0 Å². The van der Waals surface area contributed by atoms with Gasteiger partial charge in [0, 0.05) is 45.2 Å². The predicted molar refractivity (Wildman–Crippen MR) is 76.2 cm³/mol. The molecule has 2 heterocycles. The molecule has 19 heavy (non-hydrogen) atoms. The van der Waals surface area contributed by atoms with Gasteiger partial charge in [-0.3, -0.25) is 4.90 Å². The van der Waals surface area contributed by atoms with E-state index in [2.05, 4.69) is 19.8 Å². The molecular weight excluding hydrogens is 240 g/mol. The molecule has 1 atom stereocenters. The van der Waals surface area contributed by atoms with Gasteiger partial charge in [0.15, 0.2) is 0 Å². The fourth-order valence-electron chi connectivity index (χ4n) is 2.63.